The van der Waals surface area contributed by atoms with Crippen LogP contribution in [0.25, 0.3) is 0 Å². The fourth-order valence-electron chi connectivity index (χ4n) is 1.97. The van der Waals surface area contributed by atoms with Crippen LogP contribution in [0.5, 0.6) is 5.75 Å². The Morgan fingerprint density at radius 2 is 2.05 bits per heavy atom. The highest BCUT2D eigenvalue weighted by Crippen LogP contribution is 2.21. The van der Waals surface area contributed by atoms with Crippen molar-refractivity contribution in [2.45, 2.75) is 6.54 Å². The molecule has 0 saturated heterocycles. The second-order valence-corrected chi connectivity index (χ2v) is 4.48. The van der Waals surface area contributed by atoms with E-state index in [1.54, 1.807) is 19.2 Å². The van der Waals surface area contributed by atoms with Crippen LogP contribution in [0.15, 0.2) is 42.5 Å². The summed E-state index contributed by atoms with van der Waals surface area (Å²) < 4.78 is 18.5. The van der Waals surface area contributed by atoms with Crippen LogP contribution in [0.2, 0.25) is 0 Å². The third kappa shape index (κ3) is 3.07. The van der Waals surface area contributed by atoms with Crippen LogP contribution in [-0.4, -0.2) is 14.2 Å². The van der Waals surface area contributed by atoms with Gasteiger partial charge in [-0.2, -0.15) is 5.26 Å². The fraction of sp³-hybridized carbons (Fsp3) is 0.188. The number of hydrogen-bond acceptors (Lipinski definition) is 3. The molecule has 0 radical (unpaired) electrons. The SMILES string of the molecule is COc1cccc(N(C)Cc2ccc(F)c(C#N)c2)c1. The molecule has 0 heterocycles. The number of rotatable bonds is 4. The lowest BCUT2D eigenvalue weighted by atomic mass is 10.1. The average Bonchev–Trinajstić information content (AvgIpc) is 2.49. The highest BCUT2D eigenvalue weighted by atomic mass is 19.1. The van der Waals surface area contributed by atoms with Crippen molar-refractivity contribution in [2.75, 3.05) is 19.1 Å². The van der Waals surface area contributed by atoms with E-state index in [9.17, 15) is 4.39 Å². The van der Waals surface area contributed by atoms with Crippen LogP contribution >= 0.6 is 0 Å². The van der Waals surface area contributed by atoms with E-state index in [2.05, 4.69) is 0 Å². The van der Waals surface area contributed by atoms with Crippen molar-refractivity contribution in [3.8, 4) is 11.8 Å². The summed E-state index contributed by atoms with van der Waals surface area (Å²) >= 11 is 0. The lowest BCUT2D eigenvalue weighted by molar-refractivity contribution is 0.415. The fourth-order valence-corrected chi connectivity index (χ4v) is 1.97. The number of hydrogen-bond donors (Lipinski definition) is 0. The van der Waals surface area contributed by atoms with Crippen molar-refractivity contribution >= 4 is 5.69 Å². The second-order valence-electron chi connectivity index (χ2n) is 4.48. The lowest BCUT2D eigenvalue weighted by Gasteiger charge is -2.20. The normalized spacial score (nSPS) is 9.90. The Morgan fingerprint density at radius 1 is 1.25 bits per heavy atom. The predicted molar refractivity (Wildman–Crippen MR) is 76.2 cm³/mol. The van der Waals surface area contributed by atoms with Gasteiger partial charge in [-0.3, -0.25) is 0 Å². The first kappa shape index (κ1) is 13.9. The van der Waals surface area contributed by atoms with E-state index in [0.29, 0.717) is 6.54 Å². The van der Waals surface area contributed by atoms with Gasteiger partial charge in [-0.15, -0.1) is 0 Å². The molecule has 0 spiro atoms. The molecule has 0 fully saturated rings. The smallest absolute Gasteiger partial charge is 0.140 e. The maximum Gasteiger partial charge on any atom is 0.140 e. The molecule has 3 nitrogen and oxygen atoms in total. The van der Waals surface area contributed by atoms with Crippen molar-refractivity contribution in [3.63, 3.8) is 0 Å². The summed E-state index contributed by atoms with van der Waals surface area (Å²) in [5, 5.41) is 8.84. The van der Waals surface area contributed by atoms with Crippen molar-refractivity contribution in [3.05, 3.63) is 59.4 Å². The van der Waals surface area contributed by atoms with E-state index in [0.717, 1.165) is 17.0 Å². The molecule has 0 bridgehead atoms. The number of ether oxygens (including phenoxy) is 1. The van der Waals surface area contributed by atoms with Gasteiger partial charge in [0.15, 0.2) is 0 Å². The maximum atomic E-state index is 13.3. The quantitative estimate of drug-likeness (QED) is 0.855. The Hall–Kier alpha value is -2.54. The van der Waals surface area contributed by atoms with E-state index in [1.165, 1.54) is 6.07 Å². The van der Waals surface area contributed by atoms with Crippen LogP contribution < -0.4 is 9.64 Å². The van der Waals surface area contributed by atoms with Gasteiger partial charge in [0, 0.05) is 25.3 Å². The topological polar surface area (TPSA) is 36.3 Å². The van der Waals surface area contributed by atoms with Gasteiger partial charge in [-0.25, -0.2) is 4.39 Å². The third-order valence-corrected chi connectivity index (χ3v) is 3.07. The van der Waals surface area contributed by atoms with Gasteiger partial charge in [0.1, 0.15) is 17.6 Å². The zero-order valence-electron chi connectivity index (χ0n) is 11.4. The standard InChI is InChI=1S/C16H15FN2O/c1-19(14-4-3-5-15(9-14)20-2)11-12-6-7-16(17)13(8-12)10-18/h3-9H,11H2,1-2H3. The van der Waals surface area contributed by atoms with Gasteiger partial charge in [-0.1, -0.05) is 12.1 Å². The monoisotopic (exact) mass is 270 g/mol. The second kappa shape index (κ2) is 6.07. The van der Waals surface area contributed by atoms with Gasteiger partial charge in [-0.05, 0) is 29.8 Å². The van der Waals surface area contributed by atoms with Gasteiger partial charge in [0.2, 0.25) is 0 Å². The molecule has 102 valence electrons. The van der Waals surface area contributed by atoms with E-state index in [4.69, 9.17) is 10.00 Å². The summed E-state index contributed by atoms with van der Waals surface area (Å²) in [6.07, 6.45) is 0. The van der Waals surface area contributed by atoms with Crippen molar-refractivity contribution in [1.82, 2.24) is 0 Å². The summed E-state index contributed by atoms with van der Waals surface area (Å²) in [5.41, 5.74) is 1.95. The molecule has 0 atom stereocenters. The van der Waals surface area contributed by atoms with Crippen LogP contribution in [0, 0.1) is 17.1 Å². The van der Waals surface area contributed by atoms with Gasteiger partial charge < -0.3 is 9.64 Å². The van der Waals surface area contributed by atoms with E-state index < -0.39 is 5.82 Å². The molecule has 0 aliphatic heterocycles. The molecule has 0 N–H and O–H groups in total. The molecule has 0 unspecified atom stereocenters. The number of nitrogens with zero attached hydrogens (tertiary/aromatic N) is 2. The first-order chi connectivity index (χ1) is 9.63. The zero-order valence-corrected chi connectivity index (χ0v) is 11.4. The summed E-state index contributed by atoms with van der Waals surface area (Å²) in [6, 6.07) is 14.1. The molecule has 2 aromatic carbocycles. The van der Waals surface area contributed by atoms with Crippen molar-refractivity contribution < 1.29 is 9.13 Å². The molecule has 0 aliphatic rings. The van der Waals surface area contributed by atoms with Crippen molar-refractivity contribution in [2.24, 2.45) is 0 Å². The van der Waals surface area contributed by atoms with E-state index >= 15 is 0 Å². The molecule has 0 saturated carbocycles. The number of methoxy groups -OCH3 is 1. The largest absolute Gasteiger partial charge is 0.497 e. The molecule has 2 aromatic rings. The summed E-state index contributed by atoms with van der Waals surface area (Å²) in [6.45, 7) is 0.585. The molecule has 0 aliphatic carbocycles. The number of nitriles is 1. The minimum atomic E-state index is -0.486. The number of benzene rings is 2. The number of halogens is 1. The van der Waals surface area contributed by atoms with Crippen molar-refractivity contribution in [1.29, 1.82) is 5.26 Å². The minimum absolute atomic E-state index is 0.0709. The van der Waals surface area contributed by atoms with E-state index in [1.807, 2.05) is 42.3 Å². The summed E-state index contributed by atoms with van der Waals surface area (Å²) in [4.78, 5) is 2.01. The summed E-state index contributed by atoms with van der Waals surface area (Å²) in [7, 11) is 3.56. The summed E-state index contributed by atoms with van der Waals surface area (Å²) in [5.74, 6) is 0.298. The lowest BCUT2D eigenvalue weighted by Crippen LogP contribution is -2.16. The number of anilines is 1. The first-order valence-corrected chi connectivity index (χ1v) is 6.17. The van der Waals surface area contributed by atoms with Crippen LogP contribution in [0.1, 0.15) is 11.1 Å². The highest BCUT2D eigenvalue weighted by molar-refractivity contribution is 5.50. The molecular weight excluding hydrogens is 255 g/mol. The molecule has 20 heavy (non-hydrogen) atoms. The minimum Gasteiger partial charge on any atom is -0.497 e. The molecular formula is C16H15FN2O. The Labute approximate surface area is 117 Å². The zero-order chi connectivity index (χ0) is 14.5. The molecule has 0 amide bonds. The maximum absolute atomic E-state index is 13.3. The average molecular weight is 270 g/mol. The predicted octanol–water partition coefficient (Wildman–Crippen LogP) is 3.34. The Morgan fingerprint density at radius 3 is 2.75 bits per heavy atom. The highest BCUT2D eigenvalue weighted by Gasteiger charge is 2.07. The molecule has 2 rings (SSSR count). The van der Waals surface area contributed by atoms with Gasteiger partial charge in [0.05, 0.1) is 12.7 Å². The van der Waals surface area contributed by atoms with Gasteiger partial charge in [0.25, 0.3) is 0 Å². The first-order valence-electron chi connectivity index (χ1n) is 6.17. The van der Waals surface area contributed by atoms with Crippen LogP contribution in [0.4, 0.5) is 10.1 Å². The Balaban J connectivity index is 2.19. The van der Waals surface area contributed by atoms with E-state index in [-0.39, 0.29) is 5.56 Å². The van der Waals surface area contributed by atoms with Crippen LogP contribution in [0.3, 0.4) is 0 Å². The third-order valence-electron chi connectivity index (χ3n) is 3.07. The molecule has 4 heteroatoms. The van der Waals surface area contributed by atoms with Gasteiger partial charge >= 0.3 is 0 Å². The molecule has 0 aromatic heterocycles. The van der Waals surface area contributed by atoms with Crippen LogP contribution in [-0.2, 0) is 6.54 Å². The Kier molecular flexibility index (Phi) is 4.21. The Bertz CT molecular complexity index is 649.